The molecular weight excluding hydrogens is 232 g/mol. The number of aliphatic hydroxyl groups is 1. The van der Waals surface area contributed by atoms with E-state index < -0.39 is 18.0 Å². The Morgan fingerprint density at radius 3 is 2.71 bits per heavy atom. The summed E-state index contributed by atoms with van der Waals surface area (Å²) in [4.78, 5) is 23.1. The van der Waals surface area contributed by atoms with Crippen LogP contribution in [-0.2, 0) is 11.8 Å². The highest BCUT2D eigenvalue weighted by atomic mass is 16.4. The number of carboxylic acids is 1. The van der Waals surface area contributed by atoms with Gasteiger partial charge in [-0.1, -0.05) is 5.10 Å². The van der Waals surface area contributed by atoms with Gasteiger partial charge in [0.05, 0.1) is 7.05 Å². The van der Waals surface area contributed by atoms with Gasteiger partial charge in [0.15, 0.2) is 0 Å². The third kappa shape index (κ3) is 4.03. The maximum Gasteiger partial charge on any atom is 0.326 e. The maximum atomic E-state index is 11.3. The highest BCUT2D eigenvalue weighted by Gasteiger charge is 2.19. The van der Waals surface area contributed by atoms with Crippen LogP contribution in [0.3, 0.4) is 0 Å². The van der Waals surface area contributed by atoms with Crippen LogP contribution in [0.15, 0.2) is 0 Å². The van der Waals surface area contributed by atoms with E-state index in [4.69, 9.17) is 10.2 Å². The van der Waals surface area contributed by atoms with Gasteiger partial charge in [-0.3, -0.25) is 5.32 Å². The molecule has 94 valence electrons. The fourth-order valence-corrected chi connectivity index (χ4v) is 1.02. The zero-order valence-corrected chi connectivity index (χ0v) is 8.99. The predicted octanol–water partition coefficient (Wildman–Crippen LogP) is -1.83. The molecule has 0 saturated carbocycles. The number of hydrogen-bond acceptors (Lipinski definition) is 6. The molecule has 0 spiro atoms. The van der Waals surface area contributed by atoms with Gasteiger partial charge < -0.3 is 15.5 Å². The predicted molar refractivity (Wildman–Crippen MR) is 54.1 cm³/mol. The minimum absolute atomic E-state index is 0.0434. The monoisotopic (exact) mass is 244 g/mol. The van der Waals surface area contributed by atoms with Gasteiger partial charge in [0.2, 0.25) is 0 Å². The number of anilines is 1. The number of aromatic nitrogens is 4. The van der Waals surface area contributed by atoms with Gasteiger partial charge in [-0.15, -0.1) is 5.10 Å². The number of aliphatic carboxylic acids is 1. The number of rotatable bonds is 5. The van der Waals surface area contributed by atoms with Crippen molar-refractivity contribution in [2.45, 2.75) is 12.5 Å². The molecule has 0 aliphatic heterocycles. The van der Waals surface area contributed by atoms with E-state index in [1.165, 1.54) is 7.05 Å². The summed E-state index contributed by atoms with van der Waals surface area (Å²) >= 11 is 0. The number of nitrogens with zero attached hydrogens (tertiary/aromatic N) is 4. The third-order valence-electron chi connectivity index (χ3n) is 1.75. The molecule has 0 aliphatic carbocycles. The number of hydrogen-bond donors (Lipinski definition) is 4. The van der Waals surface area contributed by atoms with E-state index in [1.54, 1.807) is 0 Å². The van der Waals surface area contributed by atoms with E-state index in [0.29, 0.717) is 0 Å². The Morgan fingerprint density at radius 1 is 1.53 bits per heavy atom. The highest BCUT2D eigenvalue weighted by Crippen LogP contribution is 1.95. The van der Waals surface area contributed by atoms with Gasteiger partial charge in [0, 0.05) is 13.0 Å². The topological polar surface area (TPSA) is 142 Å². The number of amides is 2. The molecule has 2 amide bonds. The molecule has 0 aromatic carbocycles. The Morgan fingerprint density at radius 2 is 2.24 bits per heavy atom. The summed E-state index contributed by atoms with van der Waals surface area (Å²) in [5, 5.41) is 32.3. The Balaban J connectivity index is 2.50. The standard InChI is InChI=1S/C7H12N6O4/c1-13-11-6(10-12-13)9-7(17)8-4(2-3-14)5(15)16/h4,14H,2-3H2,1H3,(H,15,16)(H2,8,9,11,17). The van der Waals surface area contributed by atoms with Crippen molar-refractivity contribution in [3.63, 3.8) is 0 Å². The van der Waals surface area contributed by atoms with Crippen molar-refractivity contribution < 1.29 is 19.8 Å². The molecule has 10 heteroatoms. The molecular formula is C7H12N6O4. The van der Waals surface area contributed by atoms with Crippen LogP contribution in [0.2, 0.25) is 0 Å². The van der Waals surface area contributed by atoms with Gasteiger partial charge in [-0.2, -0.15) is 4.80 Å². The van der Waals surface area contributed by atoms with E-state index in [2.05, 4.69) is 26.0 Å². The summed E-state index contributed by atoms with van der Waals surface area (Å²) in [7, 11) is 1.52. The fraction of sp³-hybridized carbons (Fsp3) is 0.571. The Labute approximate surface area is 95.6 Å². The van der Waals surface area contributed by atoms with Gasteiger partial charge in [0.25, 0.3) is 5.95 Å². The van der Waals surface area contributed by atoms with Gasteiger partial charge in [0.1, 0.15) is 6.04 Å². The van der Waals surface area contributed by atoms with Crippen molar-refractivity contribution in [1.29, 1.82) is 0 Å². The normalized spacial score (nSPS) is 11.9. The minimum atomic E-state index is -1.23. The van der Waals surface area contributed by atoms with E-state index >= 15 is 0 Å². The lowest BCUT2D eigenvalue weighted by Gasteiger charge is -2.12. The number of aryl methyl sites for hydroxylation is 1. The smallest absolute Gasteiger partial charge is 0.326 e. The van der Waals surface area contributed by atoms with Crippen molar-refractivity contribution in [2.75, 3.05) is 11.9 Å². The van der Waals surface area contributed by atoms with Gasteiger partial charge in [-0.25, -0.2) is 9.59 Å². The summed E-state index contributed by atoms with van der Waals surface area (Å²) in [5.74, 6) is -1.28. The molecule has 1 aromatic heterocycles. The zero-order chi connectivity index (χ0) is 12.8. The molecule has 1 rings (SSSR count). The number of urea groups is 1. The van der Waals surface area contributed by atoms with Crippen LogP contribution in [0, 0.1) is 0 Å². The largest absolute Gasteiger partial charge is 0.480 e. The van der Waals surface area contributed by atoms with Crippen LogP contribution in [0.5, 0.6) is 0 Å². The van der Waals surface area contributed by atoms with Crippen LogP contribution in [-0.4, -0.2) is 55.1 Å². The molecule has 4 N–H and O–H groups in total. The van der Waals surface area contributed by atoms with Gasteiger partial charge in [-0.05, 0) is 5.21 Å². The average Bonchev–Trinajstić information content (AvgIpc) is 2.63. The van der Waals surface area contributed by atoms with Crippen molar-refractivity contribution in [1.82, 2.24) is 25.5 Å². The third-order valence-corrected chi connectivity index (χ3v) is 1.75. The minimum Gasteiger partial charge on any atom is -0.480 e. The Kier molecular flexibility index (Phi) is 4.34. The number of carbonyl (C=O) groups is 2. The Bertz CT molecular complexity index is 405. The summed E-state index contributed by atoms with van der Waals surface area (Å²) in [6.45, 7) is -0.347. The number of nitrogens with one attached hydrogen (secondary N) is 2. The molecule has 0 aliphatic rings. The lowest BCUT2D eigenvalue weighted by atomic mass is 10.2. The first-order chi connectivity index (χ1) is 8.02. The second-order valence-corrected chi connectivity index (χ2v) is 3.10. The molecule has 1 unspecified atom stereocenters. The summed E-state index contributed by atoms with van der Waals surface area (Å²) in [6, 6.07) is -1.95. The number of tetrazole rings is 1. The van der Waals surface area contributed by atoms with E-state index in [9.17, 15) is 9.59 Å². The first-order valence-corrected chi connectivity index (χ1v) is 4.68. The summed E-state index contributed by atoms with van der Waals surface area (Å²) in [5.41, 5.74) is 0. The quantitative estimate of drug-likeness (QED) is 0.477. The molecule has 10 nitrogen and oxygen atoms in total. The highest BCUT2D eigenvalue weighted by molar-refractivity contribution is 5.90. The lowest BCUT2D eigenvalue weighted by molar-refractivity contribution is -0.139. The maximum absolute atomic E-state index is 11.3. The van der Waals surface area contributed by atoms with E-state index in [1.807, 2.05) is 0 Å². The molecule has 0 saturated heterocycles. The van der Waals surface area contributed by atoms with E-state index in [-0.39, 0.29) is 19.0 Å². The van der Waals surface area contributed by atoms with Crippen molar-refractivity contribution in [3.05, 3.63) is 0 Å². The van der Waals surface area contributed by atoms with Crippen LogP contribution in [0.1, 0.15) is 6.42 Å². The molecule has 1 atom stereocenters. The zero-order valence-electron chi connectivity index (χ0n) is 8.99. The first kappa shape index (κ1) is 12.8. The SMILES string of the molecule is Cn1nnc(NC(=O)NC(CCO)C(=O)O)n1. The van der Waals surface area contributed by atoms with Gasteiger partial charge >= 0.3 is 12.0 Å². The van der Waals surface area contributed by atoms with Crippen LogP contribution >= 0.6 is 0 Å². The molecule has 0 radical (unpaired) electrons. The molecule has 1 heterocycles. The van der Waals surface area contributed by atoms with Crippen LogP contribution in [0.4, 0.5) is 10.7 Å². The Hall–Kier alpha value is -2.23. The molecule has 0 fully saturated rings. The lowest BCUT2D eigenvalue weighted by Crippen LogP contribution is -2.43. The molecule has 0 bridgehead atoms. The first-order valence-electron chi connectivity index (χ1n) is 4.68. The van der Waals surface area contributed by atoms with Crippen LogP contribution < -0.4 is 10.6 Å². The molecule has 1 aromatic rings. The van der Waals surface area contributed by atoms with Crippen molar-refractivity contribution in [2.24, 2.45) is 7.05 Å². The average molecular weight is 244 g/mol. The summed E-state index contributed by atoms with van der Waals surface area (Å²) in [6.07, 6.45) is -0.0867. The second-order valence-electron chi connectivity index (χ2n) is 3.10. The van der Waals surface area contributed by atoms with E-state index in [0.717, 1.165) is 4.80 Å². The van der Waals surface area contributed by atoms with Crippen molar-refractivity contribution in [3.8, 4) is 0 Å². The number of aliphatic hydroxyl groups excluding tert-OH is 1. The number of carbonyl (C=O) groups excluding carboxylic acids is 1. The summed E-state index contributed by atoms with van der Waals surface area (Å²) < 4.78 is 0. The number of carboxylic acid groups (broad SMARTS) is 1. The van der Waals surface area contributed by atoms with Crippen molar-refractivity contribution >= 4 is 17.9 Å². The van der Waals surface area contributed by atoms with Crippen LogP contribution in [0.25, 0.3) is 0 Å². The molecule has 17 heavy (non-hydrogen) atoms. The fourth-order valence-electron chi connectivity index (χ4n) is 1.02. The second kappa shape index (κ2) is 5.75.